The van der Waals surface area contributed by atoms with Gasteiger partial charge in [-0.1, -0.05) is 6.58 Å². The van der Waals surface area contributed by atoms with Crippen molar-refractivity contribution < 1.29 is 19.1 Å². The van der Waals surface area contributed by atoms with Crippen molar-refractivity contribution in [2.45, 2.75) is 33.2 Å². The molecule has 4 nitrogen and oxygen atoms in total. The van der Waals surface area contributed by atoms with E-state index in [2.05, 4.69) is 11.3 Å². The van der Waals surface area contributed by atoms with Gasteiger partial charge in [-0.25, -0.2) is 4.79 Å². The van der Waals surface area contributed by atoms with Crippen molar-refractivity contribution in [1.29, 1.82) is 0 Å². The molecule has 0 N–H and O–H groups in total. The Hall–Kier alpha value is -1.16. The van der Waals surface area contributed by atoms with Crippen LogP contribution in [0.4, 0.5) is 0 Å². The zero-order valence-electron chi connectivity index (χ0n) is 8.07. The average Bonchev–Trinajstić information content (AvgIpc) is 2.03. The Morgan fingerprint density at radius 3 is 2.31 bits per heavy atom. The number of Topliss-reactive ketones (excluding diaryl/α,β-unsaturated/α-hetero) is 1. The van der Waals surface area contributed by atoms with Crippen molar-refractivity contribution in [3.05, 3.63) is 12.7 Å². The molecule has 0 aromatic heterocycles. The summed E-state index contributed by atoms with van der Waals surface area (Å²) in [6.45, 7) is 7.78. The SMILES string of the molecule is C=CC(=O)OC(C)OC(C)C(C)=O. The fourth-order valence-corrected chi connectivity index (χ4v) is 0.623. The van der Waals surface area contributed by atoms with Crippen molar-refractivity contribution in [1.82, 2.24) is 0 Å². The third-order valence-corrected chi connectivity index (χ3v) is 1.42. The van der Waals surface area contributed by atoms with Crippen molar-refractivity contribution in [3.8, 4) is 0 Å². The van der Waals surface area contributed by atoms with Crippen LogP contribution in [0.5, 0.6) is 0 Å². The average molecular weight is 186 g/mol. The molecule has 0 amide bonds. The van der Waals surface area contributed by atoms with E-state index in [9.17, 15) is 9.59 Å². The second-order valence-electron chi connectivity index (χ2n) is 2.60. The number of esters is 1. The van der Waals surface area contributed by atoms with Gasteiger partial charge in [-0.3, -0.25) is 4.79 Å². The number of carbonyl (C=O) groups excluding carboxylic acids is 2. The lowest BCUT2D eigenvalue weighted by Crippen LogP contribution is -2.26. The third kappa shape index (κ3) is 5.14. The molecule has 0 radical (unpaired) electrons. The summed E-state index contributed by atoms with van der Waals surface area (Å²) in [6.07, 6.45) is -0.254. The highest BCUT2D eigenvalue weighted by atomic mass is 16.7. The minimum absolute atomic E-state index is 0.110. The van der Waals surface area contributed by atoms with Crippen molar-refractivity contribution in [2.75, 3.05) is 0 Å². The van der Waals surface area contributed by atoms with Gasteiger partial charge in [0, 0.05) is 6.08 Å². The van der Waals surface area contributed by atoms with Crippen LogP contribution < -0.4 is 0 Å². The zero-order valence-corrected chi connectivity index (χ0v) is 8.07. The summed E-state index contributed by atoms with van der Waals surface area (Å²) >= 11 is 0. The zero-order chi connectivity index (χ0) is 10.4. The van der Waals surface area contributed by atoms with Gasteiger partial charge in [0.25, 0.3) is 0 Å². The molecule has 2 unspecified atom stereocenters. The van der Waals surface area contributed by atoms with Crippen LogP contribution in [0.1, 0.15) is 20.8 Å². The third-order valence-electron chi connectivity index (χ3n) is 1.42. The monoisotopic (exact) mass is 186 g/mol. The minimum Gasteiger partial charge on any atom is -0.433 e. The van der Waals surface area contributed by atoms with E-state index in [0.717, 1.165) is 6.08 Å². The van der Waals surface area contributed by atoms with Crippen LogP contribution in [0.3, 0.4) is 0 Å². The predicted octanol–water partition coefficient (Wildman–Crippen LogP) is 1.06. The van der Waals surface area contributed by atoms with E-state index in [-0.39, 0.29) is 5.78 Å². The molecule has 13 heavy (non-hydrogen) atoms. The van der Waals surface area contributed by atoms with E-state index >= 15 is 0 Å². The van der Waals surface area contributed by atoms with Gasteiger partial charge in [0.2, 0.25) is 6.29 Å². The molecule has 0 heterocycles. The molecule has 0 aliphatic carbocycles. The number of ketones is 1. The van der Waals surface area contributed by atoms with Gasteiger partial charge < -0.3 is 9.47 Å². The van der Waals surface area contributed by atoms with Gasteiger partial charge in [-0.15, -0.1) is 0 Å². The van der Waals surface area contributed by atoms with Crippen LogP contribution in [0, 0.1) is 0 Å². The maximum absolute atomic E-state index is 10.7. The molecule has 0 aromatic carbocycles. The molecule has 0 fully saturated rings. The van der Waals surface area contributed by atoms with E-state index in [1.165, 1.54) is 6.92 Å². The Kier molecular flexibility index (Phi) is 4.99. The molecular weight excluding hydrogens is 172 g/mol. The van der Waals surface area contributed by atoms with Crippen LogP contribution >= 0.6 is 0 Å². The number of hydrogen-bond donors (Lipinski definition) is 0. The van der Waals surface area contributed by atoms with Gasteiger partial charge in [0.1, 0.15) is 6.10 Å². The number of ether oxygens (including phenoxy) is 2. The Morgan fingerprint density at radius 1 is 1.38 bits per heavy atom. The highest BCUT2D eigenvalue weighted by Gasteiger charge is 2.14. The molecule has 0 aliphatic heterocycles. The van der Waals surface area contributed by atoms with E-state index in [1.807, 2.05) is 0 Å². The molecule has 0 aromatic rings. The van der Waals surface area contributed by atoms with Gasteiger partial charge >= 0.3 is 5.97 Å². The Bertz CT molecular complexity index is 210. The number of hydrogen-bond acceptors (Lipinski definition) is 4. The maximum atomic E-state index is 10.7. The van der Waals surface area contributed by atoms with E-state index < -0.39 is 18.4 Å². The summed E-state index contributed by atoms with van der Waals surface area (Å²) in [7, 11) is 0. The summed E-state index contributed by atoms with van der Waals surface area (Å²) in [5.74, 6) is -0.676. The van der Waals surface area contributed by atoms with E-state index in [1.54, 1.807) is 13.8 Å². The largest absolute Gasteiger partial charge is 0.433 e. The maximum Gasteiger partial charge on any atom is 0.332 e. The Balaban J connectivity index is 3.86. The first-order valence-corrected chi connectivity index (χ1v) is 3.96. The molecule has 0 saturated heterocycles. The van der Waals surface area contributed by atoms with Crippen LogP contribution in [0.25, 0.3) is 0 Å². The van der Waals surface area contributed by atoms with Gasteiger partial charge in [-0.05, 0) is 20.8 Å². The number of rotatable bonds is 5. The molecule has 0 spiro atoms. The standard InChI is InChI=1S/C9H14O4/c1-5-9(11)13-8(4)12-7(3)6(2)10/h5,7-8H,1H2,2-4H3. The first-order chi connectivity index (χ1) is 5.97. The number of carbonyl (C=O) groups is 2. The van der Waals surface area contributed by atoms with E-state index in [0.29, 0.717) is 0 Å². The van der Waals surface area contributed by atoms with Crippen LogP contribution in [-0.2, 0) is 19.1 Å². The van der Waals surface area contributed by atoms with Crippen molar-refractivity contribution in [2.24, 2.45) is 0 Å². The highest BCUT2D eigenvalue weighted by Crippen LogP contribution is 2.01. The first-order valence-electron chi connectivity index (χ1n) is 3.96. The van der Waals surface area contributed by atoms with Gasteiger partial charge in [-0.2, -0.15) is 0 Å². The van der Waals surface area contributed by atoms with Crippen molar-refractivity contribution in [3.63, 3.8) is 0 Å². The molecule has 0 bridgehead atoms. The van der Waals surface area contributed by atoms with Crippen LogP contribution in [0.15, 0.2) is 12.7 Å². The molecule has 74 valence electrons. The smallest absolute Gasteiger partial charge is 0.332 e. The predicted molar refractivity (Wildman–Crippen MR) is 47.0 cm³/mol. The van der Waals surface area contributed by atoms with Gasteiger partial charge in [0.05, 0.1) is 0 Å². The Morgan fingerprint density at radius 2 is 1.92 bits per heavy atom. The fourth-order valence-electron chi connectivity index (χ4n) is 0.623. The molecule has 0 saturated carbocycles. The molecule has 4 heteroatoms. The molecule has 0 aliphatic rings. The molecule has 0 rings (SSSR count). The molecule has 2 atom stereocenters. The van der Waals surface area contributed by atoms with Crippen LogP contribution in [-0.4, -0.2) is 24.1 Å². The Labute approximate surface area is 77.5 Å². The fraction of sp³-hybridized carbons (Fsp3) is 0.556. The summed E-state index contributed by atoms with van der Waals surface area (Å²) in [5, 5.41) is 0. The summed E-state index contributed by atoms with van der Waals surface area (Å²) in [6, 6.07) is 0. The lowest BCUT2D eigenvalue weighted by atomic mass is 10.3. The normalized spacial score (nSPS) is 14.4. The molecular formula is C9H14O4. The van der Waals surface area contributed by atoms with Crippen LogP contribution in [0.2, 0.25) is 0 Å². The van der Waals surface area contributed by atoms with Gasteiger partial charge in [0.15, 0.2) is 5.78 Å². The lowest BCUT2D eigenvalue weighted by Gasteiger charge is -2.16. The summed E-state index contributed by atoms with van der Waals surface area (Å²) in [4.78, 5) is 21.4. The lowest BCUT2D eigenvalue weighted by molar-refractivity contribution is -0.180. The highest BCUT2D eigenvalue weighted by molar-refractivity contribution is 5.81. The van der Waals surface area contributed by atoms with E-state index in [4.69, 9.17) is 4.74 Å². The second kappa shape index (κ2) is 5.48. The first kappa shape index (κ1) is 11.8. The topological polar surface area (TPSA) is 52.6 Å². The minimum atomic E-state index is -0.732. The summed E-state index contributed by atoms with van der Waals surface area (Å²) < 4.78 is 9.73. The van der Waals surface area contributed by atoms with Crippen molar-refractivity contribution >= 4 is 11.8 Å². The quantitative estimate of drug-likeness (QED) is 0.366. The second-order valence-corrected chi connectivity index (χ2v) is 2.60. The summed E-state index contributed by atoms with van der Waals surface area (Å²) in [5.41, 5.74) is 0.